The molecule has 0 fully saturated rings. The number of carbonyl (C=O) groups excluding carboxylic acids is 2. The summed E-state index contributed by atoms with van der Waals surface area (Å²) < 4.78 is 39.4. The number of hydrazone groups is 1. The Labute approximate surface area is 244 Å². The molecule has 0 spiro atoms. The van der Waals surface area contributed by atoms with Gasteiger partial charge in [-0.2, -0.15) is 5.10 Å². The van der Waals surface area contributed by atoms with E-state index in [0.29, 0.717) is 26.4 Å². The van der Waals surface area contributed by atoms with Crippen molar-refractivity contribution in [2.75, 3.05) is 11.8 Å². The maximum Gasteiger partial charge on any atom is 0.343 e. The molecule has 0 aliphatic carbocycles. The summed E-state index contributed by atoms with van der Waals surface area (Å²) in [5.74, 6) is -0.454. The second kappa shape index (κ2) is 12.8. The van der Waals surface area contributed by atoms with Gasteiger partial charge in [0.15, 0.2) is 0 Å². The molecule has 0 atom stereocenters. The normalized spacial score (nSPS) is 11.2. The first-order valence-corrected chi connectivity index (χ1v) is 14.2. The summed E-state index contributed by atoms with van der Waals surface area (Å²) in [4.78, 5) is 25.5. The lowest BCUT2D eigenvalue weighted by Crippen LogP contribution is -2.21. The van der Waals surface area contributed by atoms with Crippen molar-refractivity contribution in [1.82, 2.24) is 5.43 Å². The molecule has 0 saturated heterocycles. The third-order valence-electron chi connectivity index (χ3n) is 5.41. The minimum Gasteiger partial charge on any atom is -0.497 e. The van der Waals surface area contributed by atoms with Crippen LogP contribution in [-0.2, 0) is 10.0 Å². The van der Waals surface area contributed by atoms with Crippen LogP contribution in [0.25, 0.3) is 0 Å². The highest BCUT2D eigenvalue weighted by Crippen LogP contribution is 2.24. The number of nitrogens with one attached hydrogen (secondary N) is 2. The van der Waals surface area contributed by atoms with E-state index in [9.17, 15) is 18.0 Å². The average molecular weight is 643 g/mol. The van der Waals surface area contributed by atoms with Gasteiger partial charge in [-0.15, -0.1) is 0 Å². The Morgan fingerprint density at radius 3 is 2.35 bits per heavy atom. The number of methoxy groups -OCH3 is 1. The average Bonchev–Trinajstić information content (AvgIpc) is 2.94. The van der Waals surface area contributed by atoms with Crippen LogP contribution in [0.3, 0.4) is 0 Å². The molecule has 0 heterocycles. The number of para-hydroxylation sites is 1. The van der Waals surface area contributed by atoms with Crippen molar-refractivity contribution >= 4 is 61.3 Å². The van der Waals surface area contributed by atoms with Gasteiger partial charge in [0, 0.05) is 15.1 Å². The lowest BCUT2D eigenvalue weighted by molar-refractivity contribution is 0.0734. The molecule has 0 aliphatic rings. The van der Waals surface area contributed by atoms with Crippen LogP contribution >= 0.6 is 27.5 Å². The van der Waals surface area contributed by atoms with Crippen LogP contribution in [0.4, 0.5) is 5.69 Å². The van der Waals surface area contributed by atoms with Gasteiger partial charge in [0.05, 0.1) is 35.0 Å². The fraction of sp³-hybridized carbons (Fsp3) is 0.0357. The number of hydrogen-bond acceptors (Lipinski definition) is 7. The van der Waals surface area contributed by atoms with Crippen LogP contribution in [0.15, 0.2) is 105 Å². The van der Waals surface area contributed by atoms with E-state index in [1.807, 2.05) is 0 Å². The van der Waals surface area contributed by atoms with Crippen LogP contribution in [0.5, 0.6) is 11.5 Å². The van der Waals surface area contributed by atoms with E-state index < -0.39 is 21.9 Å². The Hall–Kier alpha value is -4.19. The van der Waals surface area contributed by atoms with Gasteiger partial charge in [-0.3, -0.25) is 9.52 Å². The minimum absolute atomic E-state index is 0.0171. The van der Waals surface area contributed by atoms with Crippen molar-refractivity contribution < 1.29 is 27.5 Å². The first-order valence-electron chi connectivity index (χ1n) is 11.5. The number of nitrogens with zero attached hydrogens (tertiary/aromatic N) is 1. The Morgan fingerprint density at radius 2 is 1.65 bits per heavy atom. The summed E-state index contributed by atoms with van der Waals surface area (Å²) in [6, 6.07) is 23.1. The number of sulfonamides is 1. The zero-order valence-electron chi connectivity index (χ0n) is 20.8. The summed E-state index contributed by atoms with van der Waals surface area (Å²) in [6.07, 6.45) is 1.31. The number of carbonyl (C=O) groups is 2. The highest BCUT2D eigenvalue weighted by molar-refractivity contribution is 9.10. The number of amides is 1. The van der Waals surface area contributed by atoms with Crippen molar-refractivity contribution in [3.63, 3.8) is 0 Å². The highest BCUT2D eigenvalue weighted by atomic mass is 79.9. The lowest BCUT2D eigenvalue weighted by atomic mass is 10.2. The van der Waals surface area contributed by atoms with Gasteiger partial charge in [0.1, 0.15) is 11.5 Å². The monoisotopic (exact) mass is 641 g/mol. The summed E-state index contributed by atoms with van der Waals surface area (Å²) in [5, 5.41) is 4.37. The molecule has 4 aromatic rings. The molecular formula is C28H21BrClN3O6S. The summed E-state index contributed by atoms with van der Waals surface area (Å²) in [7, 11) is -2.46. The zero-order chi connectivity index (χ0) is 28.7. The van der Waals surface area contributed by atoms with Gasteiger partial charge in [0.25, 0.3) is 15.9 Å². The topological polar surface area (TPSA) is 123 Å². The molecule has 12 heteroatoms. The van der Waals surface area contributed by atoms with Crippen molar-refractivity contribution in [3.05, 3.63) is 117 Å². The third-order valence-corrected chi connectivity index (χ3v) is 7.54. The number of hydrogen-bond donors (Lipinski definition) is 2. The van der Waals surface area contributed by atoms with Crippen molar-refractivity contribution in [3.8, 4) is 11.5 Å². The SMILES string of the molecule is COc1ccc(C(=O)Oc2ccc(Br)cc2/C=N\NC(=O)c2ccccc2NS(=O)(=O)c2ccc(Cl)cc2)cc1. The molecule has 0 unspecified atom stereocenters. The molecular weight excluding hydrogens is 622 g/mol. The van der Waals surface area contributed by atoms with E-state index >= 15 is 0 Å². The number of benzene rings is 4. The number of ether oxygens (including phenoxy) is 2. The van der Waals surface area contributed by atoms with E-state index in [0.717, 1.165) is 0 Å². The molecule has 4 rings (SSSR count). The van der Waals surface area contributed by atoms with E-state index in [1.165, 1.54) is 49.7 Å². The van der Waals surface area contributed by atoms with Gasteiger partial charge in [-0.05, 0) is 78.9 Å². The second-order valence-electron chi connectivity index (χ2n) is 8.10. The standard InChI is InChI=1S/C28H21BrClN3O6S/c1-38-22-11-6-18(7-12-22)28(35)39-26-15-8-20(29)16-19(26)17-31-32-27(34)24-4-2-3-5-25(24)33-40(36,37)23-13-9-21(30)10-14-23/h2-17,33H,1H3,(H,32,34)/b31-17-. The van der Waals surface area contributed by atoms with E-state index in [2.05, 4.69) is 31.2 Å². The first kappa shape index (κ1) is 28.8. The summed E-state index contributed by atoms with van der Waals surface area (Å²) in [6.45, 7) is 0. The molecule has 4 aromatic carbocycles. The van der Waals surface area contributed by atoms with Crippen LogP contribution in [0, 0.1) is 0 Å². The summed E-state index contributed by atoms with van der Waals surface area (Å²) in [5.41, 5.74) is 3.18. The molecule has 9 nitrogen and oxygen atoms in total. The number of halogens is 2. The van der Waals surface area contributed by atoms with Gasteiger partial charge < -0.3 is 9.47 Å². The molecule has 204 valence electrons. The predicted molar refractivity (Wildman–Crippen MR) is 156 cm³/mol. The Kier molecular flexibility index (Phi) is 9.20. The van der Waals surface area contributed by atoms with Crippen molar-refractivity contribution in [1.29, 1.82) is 0 Å². The second-order valence-corrected chi connectivity index (χ2v) is 11.1. The maximum atomic E-state index is 12.9. The fourth-order valence-electron chi connectivity index (χ4n) is 3.41. The zero-order valence-corrected chi connectivity index (χ0v) is 24.0. The minimum atomic E-state index is -3.99. The summed E-state index contributed by atoms with van der Waals surface area (Å²) >= 11 is 9.22. The number of esters is 1. The van der Waals surface area contributed by atoms with Crippen LogP contribution in [-0.4, -0.2) is 33.6 Å². The largest absolute Gasteiger partial charge is 0.497 e. The van der Waals surface area contributed by atoms with Crippen molar-refractivity contribution in [2.45, 2.75) is 4.90 Å². The first-order chi connectivity index (χ1) is 19.2. The van der Waals surface area contributed by atoms with Crippen LogP contribution in [0.1, 0.15) is 26.3 Å². The lowest BCUT2D eigenvalue weighted by Gasteiger charge is -2.12. The molecule has 2 N–H and O–H groups in total. The molecule has 0 aliphatic heterocycles. The fourth-order valence-corrected chi connectivity index (χ4v) is 4.99. The number of anilines is 1. The van der Waals surface area contributed by atoms with Crippen LogP contribution in [0.2, 0.25) is 5.02 Å². The molecule has 0 saturated carbocycles. The molecule has 1 amide bonds. The molecule has 0 bridgehead atoms. The Bertz CT molecular complexity index is 1680. The van der Waals surface area contributed by atoms with Gasteiger partial charge >= 0.3 is 5.97 Å². The molecule has 0 radical (unpaired) electrons. The van der Waals surface area contributed by atoms with Crippen molar-refractivity contribution in [2.24, 2.45) is 5.10 Å². The van der Waals surface area contributed by atoms with E-state index in [4.69, 9.17) is 21.1 Å². The molecule has 0 aromatic heterocycles. The van der Waals surface area contributed by atoms with E-state index in [1.54, 1.807) is 54.6 Å². The van der Waals surface area contributed by atoms with Crippen LogP contribution < -0.4 is 19.6 Å². The van der Waals surface area contributed by atoms with Gasteiger partial charge in [-0.25, -0.2) is 18.6 Å². The smallest absolute Gasteiger partial charge is 0.343 e. The quantitative estimate of drug-likeness (QED) is 0.102. The molecule has 40 heavy (non-hydrogen) atoms. The number of rotatable bonds is 9. The van der Waals surface area contributed by atoms with Gasteiger partial charge in [-0.1, -0.05) is 39.7 Å². The Morgan fingerprint density at radius 1 is 0.950 bits per heavy atom. The van der Waals surface area contributed by atoms with E-state index in [-0.39, 0.29) is 21.9 Å². The third kappa shape index (κ3) is 7.26. The van der Waals surface area contributed by atoms with Gasteiger partial charge in [0.2, 0.25) is 0 Å². The Balaban J connectivity index is 1.49. The predicted octanol–water partition coefficient (Wildman–Crippen LogP) is 5.90. The maximum absolute atomic E-state index is 12.9. The highest BCUT2D eigenvalue weighted by Gasteiger charge is 2.19.